The van der Waals surface area contributed by atoms with Gasteiger partial charge in [0.1, 0.15) is 0 Å². The second kappa shape index (κ2) is 6.90. The fourth-order valence-electron chi connectivity index (χ4n) is 1.61. The first kappa shape index (κ1) is 15.2. The van der Waals surface area contributed by atoms with Crippen molar-refractivity contribution < 1.29 is 12.6 Å². The third-order valence-electron chi connectivity index (χ3n) is 2.87. The average molecular weight is 270 g/mol. The van der Waals surface area contributed by atoms with E-state index in [1.54, 1.807) is 24.3 Å². The van der Waals surface area contributed by atoms with E-state index < -0.39 is 10.1 Å². The van der Waals surface area contributed by atoms with Gasteiger partial charge in [0.2, 0.25) is 0 Å². The first-order valence-electron chi connectivity index (χ1n) is 6.42. The number of hydrogen-bond donors (Lipinski definition) is 0. The molecule has 18 heavy (non-hydrogen) atoms. The fourth-order valence-corrected chi connectivity index (χ4v) is 2.63. The summed E-state index contributed by atoms with van der Waals surface area (Å²) in [6, 6.07) is 6.72. The number of rotatable bonds is 7. The van der Waals surface area contributed by atoms with Crippen LogP contribution in [0.2, 0.25) is 0 Å². The van der Waals surface area contributed by atoms with Gasteiger partial charge in [-0.15, -0.1) is 0 Å². The van der Waals surface area contributed by atoms with Crippen LogP contribution in [0.1, 0.15) is 38.7 Å². The molecule has 1 aromatic carbocycles. The molecule has 0 bridgehead atoms. The molecule has 0 aliphatic rings. The molecule has 0 heterocycles. The maximum atomic E-state index is 11.9. The molecule has 0 N–H and O–H groups in total. The van der Waals surface area contributed by atoms with Crippen molar-refractivity contribution in [1.29, 1.82) is 0 Å². The molecule has 4 heteroatoms. The average Bonchev–Trinajstić information content (AvgIpc) is 2.34. The lowest BCUT2D eigenvalue weighted by Gasteiger charge is -2.11. The summed E-state index contributed by atoms with van der Waals surface area (Å²) in [6.45, 7) is 6.32. The Hall–Kier alpha value is -0.870. The highest BCUT2D eigenvalue weighted by Gasteiger charge is 2.16. The van der Waals surface area contributed by atoms with E-state index in [-0.39, 0.29) is 17.4 Å². The lowest BCUT2D eigenvalue weighted by Crippen LogP contribution is -2.12. The number of hydrogen-bond acceptors (Lipinski definition) is 3. The Morgan fingerprint density at radius 1 is 1.22 bits per heavy atom. The van der Waals surface area contributed by atoms with Crippen molar-refractivity contribution >= 4 is 10.1 Å². The highest BCUT2D eigenvalue weighted by molar-refractivity contribution is 7.86. The van der Waals surface area contributed by atoms with E-state index in [9.17, 15) is 8.42 Å². The van der Waals surface area contributed by atoms with Crippen LogP contribution in [0.25, 0.3) is 0 Å². The van der Waals surface area contributed by atoms with Gasteiger partial charge in [0.15, 0.2) is 0 Å². The van der Waals surface area contributed by atoms with E-state index in [1.165, 1.54) is 0 Å². The van der Waals surface area contributed by atoms with Crippen molar-refractivity contribution in [1.82, 2.24) is 0 Å². The molecule has 1 aromatic rings. The Labute approximate surface area is 110 Å². The second-order valence-electron chi connectivity index (χ2n) is 4.80. The molecule has 0 aromatic heterocycles. The van der Waals surface area contributed by atoms with Crippen molar-refractivity contribution in [2.75, 3.05) is 6.61 Å². The highest BCUT2D eigenvalue weighted by atomic mass is 32.2. The number of benzene rings is 1. The molecule has 1 atom stereocenters. The first-order chi connectivity index (χ1) is 8.45. The Bertz CT molecular complexity index is 448. The van der Waals surface area contributed by atoms with Gasteiger partial charge < -0.3 is 0 Å². The molecule has 0 aliphatic carbocycles. The number of unbranched alkanes of at least 4 members (excludes halogenated alkanes) is 1. The Kier molecular flexibility index (Phi) is 5.82. The van der Waals surface area contributed by atoms with Crippen molar-refractivity contribution in [2.45, 2.75) is 44.9 Å². The van der Waals surface area contributed by atoms with Gasteiger partial charge in [0.25, 0.3) is 10.1 Å². The summed E-state index contributed by atoms with van der Waals surface area (Å²) in [7, 11) is -3.60. The molecule has 102 valence electrons. The van der Waals surface area contributed by atoms with E-state index >= 15 is 0 Å². The van der Waals surface area contributed by atoms with Crippen molar-refractivity contribution in [3.05, 3.63) is 29.8 Å². The van der Waals surface area contributed by atoms with Crippen molar-refractivity contribution in [2.24, 2.45) is 5.92 Å². The van der Waals surface area contributed by atoms with Crippen LogP contribution in [0, 0.1) is 12.8 Å². The topological polar surface area (TPSA) is 43.4 Å². The second-order valence-corrected chi connectivity index (χ2v) is 6.41. The lowest BCUT2D eigenvalue weighted by atomic mass is 10.1. The summed E-state index contributed by atoms with van der Waals surface area (Å²) in [6.07, 6.45) is 3.23. The maximum Gasteiger partial charge on any atom is 0.296 e. The molecule has 0 amide bonds. The van der Waals surface area contributed by atoms with Gasteiger partial charge in [-0.3, -0.25) is 4.18 Å². The number of aryl methyl sites for hydroxylation is 1. The van der Waals surface area contributed by atoms with Gasteiger partial charge >= 0.3 is 0 Å². The molecular weight excluding hydrogens is 248 g/mol. The minimum Gasteiger partial charge on any atom is -0.266 e. The van der Waals surface area contributed by atoms with Crippen LogP contribution in [-0.2, 0) is 14.3 Å². The summed E-state index contributed by atoms with van der Waals surface area (Å²) in [4.78, 5) is 0.232. The Morgan fingerprint density at radius 2 is 1.83 bits per heavy atom. The smallest absolute Gasteiger partial charge is 0.266 e. The van der Waals surface area contributed by atoms with Gasteiger partial charge in [0, 0.05) is 0 Å². The predicted octanol–water partition coefficient (Wildman–Crippen LogP) is 3.53. The van der Waals surface area contributed by atoms with Crippen LogP contribution < -0.4 is 0 Å². The molecule has 0 spiro atoms. The van der Waals surface area contributed by atoms with E-state index in [2.05, 4.69) is 6.92 Å². The minimum atomic E-state index is -3.60. The van der Waals surface area contributed by atoms with Gasteiger partial charge in [-0.05, 0) is 31.4 Å². The van der Waals surface area contributed by atoms with Gasteiger partial charge in [-0.25, -0.2) is 0 Å². The molecule has 0 aliphatic heterocycles. The molecule has 1 rings (SSSR count). The molecule has 0 radical (unpaired) electrons. The quantitative estimate of drug-likeness (QED) is 0.712. The van der Waals surface area contributed by atoms with Crippen LogP contribution in [0.5, 0.6) is 0 Å². The Balaban J connectivity index is 2.57. The maximum absolute atomic E-state index is 11.9. The van der Waals surface area contributed by atoms with Gasteiger partial charge in [0.05, 0.1) is 11.5 Å². The zero-order chi connectivity index (χ0) is 13.6. The van der Waals surface area contributed by atoms with Crippen LogP contribution in [-0.4, -0.2) is 15.0 Å². The largest absolute Gasteiger partial charge is 0.296 e. The van der Waals surface area contributed by atoms with Crippen molar-refractivity contribution in [3.63, 3.8) is 0 Å². The van der Waals surface area contributed by atoms with Gasteiger partial charge in [-0.1, -0.05) is 44.4 Å². The molecule has 3 nitrogen and oxygen atoms in total. The zero-order valence-corrected chi connectivity index (χ0v) is 12.2. The molecular formula is C14H22O3S. The SMILES string of the molecule is CCCC[C@@H](C)COS(=O)(=O)c1ccc(C)cc1. The normalized spacial score (nSPS) is 13.5. The standard InChI is InChI=1S/C14H22O3S/c1-4-5-6-13(3)11-17-18(15,16)14-9-7-12(2)8-10-14/h7-10,13H,4-6,11H2,1-3H3/t13-/m1/s1. The summed E-state index contributed by atoms with van der Waals surface area (Å²) < 4.78 is 28.9. The van der Waals surface area contributed by atoms with Gasteiger partial charge in [-0.2, -0.15) is 8.42 Å². The van der Waals surface area contributed by atoms with E-state index in [1.807, 2.05) is 13.8 Å². The lowest BCUT2D eigenvalue weighted by molar-refractivity contribution is 0.254. The molecule has 0 fully saturated rings. The van der Waals surface area contributed by atoms with E-state index in [0.29, 0.717) is 0 Å². The minimum absolute atomic E-state index is 0.232. The highest BCUT2D eigenvalue weighted by Crippen LogP contribution is 2.16. The summed E-state index contributed by atoms with van der Waals surface area (Å²) in [5, 5.41) is 0. The molecule has 0 saturated carbocycles. The summed E-state index contributed by atoms with van der Waals surface area (Å²) >= 11 is 0. The summed E-state index contributed by atoms with van der Waals surface area (Å²) in [5.41, 5.74) is 1.03. The fraction of sp³-hybridized carbons (Fsp3) is 0.571. The van der Waals surface area contributed by atoms with E-state index in [4.69, 9.17) is 4.18 Å². The van der Waals surface area contributed by atoms with Crippen LogP contribution in [0.3, 0.4) is 0 Å². The van der Waals surface area contributed by atoms with Crippen LogP contribution in [0.4, 0.5) is 0 Å². The molecule has 0 saturated heterocycles. The van der Waals surface area contributed by atoms with Crippen LogP contribution in [0.15, 0.2) is 29.2 Å². The van der Waals surface area contributed by atoms with Crippen molar-refractivity contribution in [3.8, 4) is 0 Å². The summed E-state index contributed by atoms with van der Waals surface area (Å²) in [5.74, 6) is 0.269. The third kappa shape index (κ3) is 4.78. The first-order valence-corrected chi connectivity index (χ1v) is 7.82. The Morgan fingerprint density at radius 3 is 2.39 bits per heavy atom. The third-order valence-corrected chi connectivity index (χ3v) is 4.16. The van der Waals surface area contributed by atoms with Crippen LogP contribution >= 0.6 is 0 Å². The monoisotopic (exact) mass is 270 g/mol. The zero-order valence-electron chi connectivity index (χ0n) is 11.3. The predicted molar refractivity (Wildman–Crippen MR) is 73.0 cm³/mol. The van der Waals surface area contributed by atoms with E-state index in [0.717, 1.165) is 24.8 Å². The molecule has 0 unspecified atom stereocenters.